The maximum atomic E-state index is 13.1. The lowest BCUT2D eigenvalue weighted by Gasteiger charge is -2.27. The topological polar surface area (TPSA) is 76.2 Å². The number of aryl methyl sites for hydroxylation is 1. The minimum atomic E-state index is -3.54. The van der Waals surface area contributed by atoms with Gasteiger partial charge in [0.2, 0.25) is 10.0 Å². The molecule has 0 fully saturated rings. The first-order valence-electron chi connectivity index (χ1n) is 9.23. The third-order valence-corrected chi connectivity index (χ3v) is 6.46. The number of sulfonamides is 1. The highest BCUT2D eigenvalue weighted by atomic mass is 32.2. The molecular weight excluding hydrogens is 368 g/mol. The van der Waals surface area contributed by atoms with Crippen LogP contribution in [-0.2, 0) is 19.5 Å². The molecule has 0 bridgehead atoms. The maximum Gasteiger partial charge on any atom is 0.236 e. The Balaban J connectivity index is 2.17. The highest BCUT2D eigenvalue weighted by molar-refractivity contribution is 7.92. The zero-order chi connectivity index (χ0) is 19.9. The summed E-state index contributed by atoms with van der Waals surface area (Å²) in [5.74, 6) is -0.00436. The monoisotopic (exact) mass is 398 g/mol. The Bertz CT molecular complexity index is 728. The molecule has 8 heteroatoms. The average Bonchev–Trinajstić information content (AvgIpc) is 2.80. The van der Waals surface area contributed by atoms with Gasteiger partial charge in [-0.3, -0.25) is 14.0 Å². The fourth-order valence-corrected chi connectivity index (χ4v) is 4.72. The molecule has 0 N–H and O–H groups in total. The number of benzene rings is 1. The van der Waals surface area contributed by atoms with Gasteiger partial charge in [0.05, 0.1) is 24.7 Å². The van der Waals surface area contributed by atoms with Crippen molar-refractivity contribution < 1.29 is 22.7 Å². The average molecular weight is 399 g/mol. The molecule has 1 heterocycles. The molecule has 2 rings (SSSR count). The molecule has 7 nitrogen and oxygen atoms in total. The lowest BCUT2D eigenvalue weighted by atomic mass is 10.0. The number of rotatable bonds is 10. The molecule has 0 saturated carbocycles. The van der Waals surface area contributed by atoms with Crippen molar-refractivity contribution in [1.29, 1.82) is 0 Å². The van der Waals surface area contributed by atoms with Gasteiger partial charge in [-0.05, 0) is 25.5 Å². The van der Waals surface area contributed by atoms with Crippen molar-refractivity contribution in [2.75, 3.05) is 63.7 Å². The van der Waals surface area contributed by atoms with Crippen LogP contribution in [0.5, 0.6) is 0 Å². The van der Waals surface area contributed by atoms with Crippen LogP contribution >= 0.6 is 0 Å². The Morgan fingerprint density at radius 3 is 2.41 bits per heavy atom. The molecule has 1 aliphatic heterocycles. The van der Waals surface area contributed by atoms with Crippen LogP contribution in [0.25, 0.3) is 0 Å². The van der Waals surface area contributed by atoms with Crippen LogP contribution in [0.1, 0.15) is 28.8 Å². The summed E-state index contributed by atoms with van der Waals surface area (Å²) in [6, 6.07) is 5.39. The molecule has 152 valence electrons. The van der Waals surface area contributed by atoms with E-state index < -0.39 is 10.0 Å². The molecule has 0 radical (unpaired) electrons. The van der Waals surface area contributed by atoms with E-state index in [9.17, 15) is 13.2 Å². The third-order valence-electron chi connectivity index (χ3n) is 4.71. The second kappa shape index (κ2) is 10.2. The van der Waals surface area contributed by atoms with Crippen molar-refractivity contribution in [3.63, 3.8) is 0 Å². The Morgan fingerprint density at radius 2 is 1.78 bits per heavy atom. The molecular formula is C19H30N2O5S. The first-order valence-corrected chi connectivity index (χ1v) is 10.8. The van der Waals surface area contributed by atoms with E-state index in [2.05, 4.69) is 0 Å². The number of ether oxygens (including phenoxy) is 2. The van der Waals surface area contributed by atoms with Gasteiger partial charge in [-0.1, -0.05) is 11.6 Å². The molecule has 0 aliphatic carbocycles. The van der Waals surface area contributed by atoms with E-state index in [4.69, 9.17) is 9.47 Å². The van der Waals surface area contributed by atoms with Crippen molar-refractivity contribution in [2.24, 2.45) is 0 Å². The van der Waals surface area contributed by atoms with Crippen LogP contribution in [0.4, 0.5) is 5.69 Å². The van der Waals surface area contributed by atoms with E-state index in [0.29, 0.717) is 63.5 Å². The first kappa shape index (κ1) is 21.8. The van der Waals surface area contributed by atoms with E-state index in [1.807, 2.05) is 17.9 Å². The Morgan fingerprint density at radius 1 is 1.11 bits per heavy atom. The molecule has 0 spiro atoms. The van der Waals surface area contributed by atoms with Crippen molar-refractivity contribution in [1.82, 2.24) is 4.90 Å². The molecule has 1 aromatic carbocycles. The minimum Gasteiger partial charge on any atom is -0.383 e. The molecule has 0 aromatic heterocycles. The highest BCUT2D eigenvalue weighted by Gasteiger charge is 2.29. The fraction of sp³-hybridized carbons (Fsp3) is 0.632. The van der Waals surface area contributed by atoms with Crippen LogP contribution in [0.2, 0.25) is 0 Å². The summed E-state index contributed by atoms with van der Waals surface area (Å²) >= 11 is 0. The maximum absolute atomic E-state index is 13.1. The number of methoxy groups -OCH3 is 2. The van der Waals surface area contributed by atoms with Crippen LogP contribution in [-0.4, -0.2) is 78.5 Å². The van der Waals surface area contributed by atoms with Crippen LogP contribution in [0.15, 0.2) is 18.2 Å². The SMILES string of the molecule is COCCN(CCOC)CCS(=O)(=O)N1CCCC(=O)c2cc(C)ccc21. The number of anilines is 1. The summed E-state index contributed by atoms with van der Waals surface area (Å²) in [4.78, 5) is 14.4. The van der Waals surface area contributed by atoms with Gasteiger partial charge >= 0.3 is 0 Å². The number of nitrogens with zero attached hydrogens (tertiary/aromatic N) is 2. The van der Waals surface area contributed by atoms with E-state index in [0.717, 1.165) is 5.56 Å². The fourth-order valence-electron chi connectivity index (χ4n) is 3.15. The van der Waals surface area contributed by atoms with Crippen molar-refractivity contribution in [3.05, 3.63) is 29.3 Å². The molecule has 27 heavy (non-hydrogen) atoms. The summed E-state index contributed by atoms with van der Waals surface area (Å²) in [6.07, 6.45) is 0.902. The Hall–Kier alpha value is -1.48. The van der Waals surface area contributed by atoms with Crippen LogP contribution in [0.3, 0.4) is 0 Å². The summed E-state index contributed by atoms with van der Waals surface area (Å²) in [5.41, 5.74) is 1.96. The van der Waals surface area contributed by atoms with E-state index in [1.54, 1.807) is 26.4 Å². The zero-order valence-electron chi connectivity index (χ0n) is 16.4. The zero-order valence-corrected chi connectivity index (χ0v) is 17.3. The van der Waals surface area contributed by atoms with E-state index >= 15 is 0 Å². The second-order valence-electron chi connectivity index (χ2n) is 6.76. The van der Waals surface area contributed by atoms with Crippen molar-refractivity contribution in [2.45, 2.75) is 19.8 Å². The minimum absolute atomic E-state index is 0.00761. The third kappa shape index (κ3) is 6.00. The van der Waals surface area contributed by atoms with E-state index in [-0.39, 0.29) is 11.5 Å². The molecule has 0 atom stereocenters. The van der Waals surface area contributed by atoms with Gasteiger partial charge < -0.3 is 9.47 Å². The molecule has 0 amide bonds. The van der Waals surface area contributed by atoms with Crippen molar-refractivity contribution >= 4 is 21.5 Å². The molecule has 1 aliphatic rings. The van der Waals surface area contributed by atoms with Gasteiger partial charge in [-0.2, -0.15) is 0 Å². The lowest BCUT2D eigenvalue weighted by Crippen LogP contribution is -2.40. The largest absolute Gasteiger partial charge is 0.383 e. The van der Waals surface area contributed by atoms with Gasteiger partial charge in [-0.15, -0.1) is 0 Å². The van der Waals surface area contributed by atoms with Crippen LogP contribution < -0.4 is 4.31 Å². The number of carbonyl (C=O) groups excluding carboxylic acids is 1. The number of Topliss-reactive ketones (excluding diaryl/α,β-unsaturated/α-hetero) is 1. The van der Waals surface area contributed by atoms with E-state index in [1.165, 1.54) is 4.31 Å². The number of fused-ring (bicyclic) bond motifs is 1. The number of ketones is 1. The quantitative estimate of drug-likeness (QED) is 0.597. The Labute approximate surface area is 162 Å². The van der Waals surface area contributed by atoms with Gasteiger partial charge in [0.25, 0.3) is 0 Å². The van der Waals surface area contributed by atoms with Gasteiger partial charge in [-0.25, -0.2) is 8.42 Å². The predicted octanol–water partition coefficient (Wildman–Crippen LogP) is 1.70. The molecule has 1 aromatic rings. The predicted molar refractivity (Wildman–Crippen MR) is 106 cm³/mol. The second-order valence-corrected chi connectivity index (χ2v) is 8.78. The summed E-state index contributed by atoms with van der Waals surface area (Å²) in [6.45, 7) is 4.98. The first-order chi connectivity index (χ1) is 12.9. The van der Waals surface area contributed by atoms with Crippen LogP contribution in [0, 0.1) is 6.92 Å². The highest BCUT2D eigenvalue weighted by Crippen LogP contribution is 2.29. The summed E-state index contributed by atoms with van der Waals surface area (Å²) in [5, 5.41) is 0. The number of hydrogen-bond acceptors (Lipinski definition) is 6. The number of hydrogen-bond donors (Lipinski definition) is 0. The molecule has 0 unspecified atom stereocenters. The van der Waals surface area contributed by atoms with Gasteiger partial charge in [0, 0.05) is 52.4 Å². The van der Waals surface area contributed by atoms with Gasteiger partial charge in [0.15, 0.2) is 5.78 Å². The summed E-state index contributed by atoms with van der Waals surface area (Å²) in [7, 11) is -0.297. The van der Waals surface area contributed by atoms with Crippen molar-refractivity contribution in [3.8, 4) is 0 Å². The summed E-state index contributed by atoms with van der Waals surface area (Å²) < 4.78 is 37.8. The molecule has 0 saturated heterocycles. The van der Waals surface area contributed by atoms with Gasteiger partial charge in [0.1, 0.15) is 0 Å². The normalized spacial score (nSPS) is 15.1. The number of carbonyl (C=O) groups is 1. The lowest BCUT2D eigenvalue weighted by molar-refractivity contribution is 0.0983. The standard InChI is InChI=1S/C19H30N2O5S/c1-16-6-7-18-17(15-16)19(22)5-4-8-21(18)27(23,24)14-11-20(9-12-25-2)10-13-26-3/h6-7,15H,4-5,8-14H2,1-3H3. The Kier molecular flexibility index (Phi) is 8.22. The smallest absolute Gasteiger partial charge is 0.236 e.